The second-order valence-electron chi connectivity index (χ2n) is 10.8. The van der Waals surface area contributed by atoms with Gasteiger partial charge in [-0.1, -0.05) is 6.07 Å². The number of alkyl halides is 6. The maximum absolute atomic E-state index is 13.3. The first-order chi connectivity index (χ1) is 23.0. The first-order valence-electron chi connectivity index (χ1n) is 14.7. The molecule has 1 amide bonds. The quantitative estimate of drug-likeness (QED) is 0.160. The number of nitrogens with zero attached hydrogens (tertiary/aromatic N) is 2. The number of nitrogens with one attached hydrogen (secondary N) is 2. The predicted octanol–water partition coefficient (Wildman–Crippen LogP) is 6.04. The number of aromatic nitrogens is 2. The van der Waals surface area contributed by atoms with E-state index >= 15 is 0 Å². The van der Waals surface area contributed by atoms with E-state index in [1.54, 1.807) is 18.9 Å². The monoisotopic (exact) mass is 720 g/mol. The van der Waals surface area contributed by atoms with Crippen LogP contribution in [0.2, 0.25) is 0 Å². The molecule has 2 aromatic carbocycles. The third-order valence-electron chi connectivity index (χ3n) is 7.27. The Bertz CT molecular complexity index is 1570. The second-order valence-corrected chi connectivity index (χ2v) is 11.9. The number of halogens is 6. The summed E-state index contributed by atoms with van der Waals surface area (Å²) in [7, 11) is 1.65. The number of aliphatic carboxylic acids is 2. The highest BCUT2D eigenvalue weighted by molar-refractivity contribution is 7.99. The zero-order valence-electron chi connectivity index (χ0n) is 26.3. The minimum Gasteiger partial charge on any atom is -0.497 e. The van der Waals surface area contributed by atoms with Crippen LogP contribution in [0.1, 0.15) is 24.1 Å². The smallest absolute Gasteiger partial charge is 0.490 e. The van der Waals surface area contributed by atoms with Crippen LogP contribution >= 0.6 is 11.8 Å². The highest BCUT2D eigenvalue weighted by Gasteiger charge is 2.39. The fraction of sp³-hybridized carbons (Fsp3) is 0.419. The van der Waals surface area contributed by atoms with Crippen LogP contribution in [0.4, 0.5) is 32.0 Å². The fourth-order valence-electron chi connectivity index (χ4n) is 4.75. The number of carbonyl (C=O) groups is 3. The van der Waals surface area contributed by atoms with Gasteiger partial charge in [0.15, 0.2) is 0 Å². The van der Waals surface area contributed by atoms with Crippen LogP contribution in [0.25, 0.3) is 11.1 Å². The molecule has 18 heteroatoms. The Morgan fingerprint density at radius 3 is 2.22 bits per heavy atom. The Kier molecular flexibility index (Phi) is 13.8. The van der Waals surface area contributed by atoms with E-state index in [2.05, 4.69) is 32.5 Å². The molecule has 49 heavy (non-hydrogen) atoms. The van der Waals surface area contributed by atoms with Gasteiger partial charge in [0, 0.05) is 28.5 Å². The van der Waals surface area contributed by atoms with E-state index in [0.29, 0.717) is 13.0 Å². The number of hydrogen-bond acceptors (Lipinski definition) is 8. The zero-order valence-corrected chi connectivity index (χ0v) is 27.1. The SMILES string of the molecule is COc1ccc2c(c1)CC(C(=O)Nc1ccc(-c3cn[nH]c3C)cc1SCCN1CCCC1)CO2.O=C(O)C(F)(F)F.O=C(O)C(F)(F)F. The minimum atomic E-state index is -5.08. The van der Waals surface area contributed by atoms with Gasteiger partial charge in [0.25, 0.3) is 0 Å². The number of rotatable bonds is 8. The summed E-state index contributed by atoms with van der Waals surface area (Å²) in [4.78, 5) is 34.7. The highest BCUT2D eigenvalue weighted by Crippen LogP contribution is 2.35. The summed E-state index contributed by atoms with van der Waals surface area (Å²) in [6.45, 7) is 5.82. The normalized spacial score (nSPS) is 15.8. The van der Waals surface area contributed by atoms with Crippen molar-refractivity contribution in [1.29, 1.82) is 0 Å². The van der Waals surface area contributed by atoms with Gasteiger partial charge in [-0.3, -0.25) is 9.89 Å². The van der Waals surface area contributed by atoms with Crippen molar-refractivity contribution >= 4 is 35.3 Å². The summed E-state index contributed by atoms with van der Waals surface area (Å²) < 4.78 is 74.7. The van der Waals surface area contributed by atoms with Gasteiger partial charge in [-0.25, -0.2) is 9.59 Å². The zero-order chi connectivity index (χ0) is 36.4. The van der Waals surface area contributed by atoms with Crippen molar-refractivity contribution in [2.24, 2.45) is 5.92 Å². The highest BCUT2D eigenvalue weighted by atomic mass is 32.2. The number of H-pyrrole nitrogens is 1. The van der Waals surface area contributed by atoms with Gasteiger partial charge in [-0.15, -0.1) is 11.8 Å². The number of thioether (sulfide) groups is 1. The largest absolute Gasteiger partial charge is 0.497 e. The molecule has 11 nitrogen and oxygen atoms in total. The number of amides is 1. The molecule has 1 aromatic heterocycles. The molecule has 1 unspecified atom stereocenters. The summed E-state index contributed by atoms with van der Waals surface area (Å²) in [6.07, 6.45) is -5.10. The molecule has 0 saturated carbocycles. The number of ether oxygens (including phenoxy) is 2. The molecule has 1 fully saturated rings. The van der Waals surface area contributed by atoms with Crippen LogP contribution in [0.15, 0.2) is 47.5 Å². The van der Waals surface area contributed by atoms with Gasteiger partial charge in [0.2, 0.25) is 5.91 Å². The van der Waals surface area contributed by atoms with Crippen LogP contribution in [0, 0.1) is 12.8 Å². The Morgan fingerprint density at radius 2 is 1.67 bits per heavy atom. The molecule has 268 valence electrons. The molecule has 3 aromatic rings. The van der Waals surface area contributed by atoms with Crippen molar-refractivity contribution < 1.29 is 60.4 Å². The van der Waals surface area contributed by atoms with E-state index in [4.69, 9.17) is 29.3 Å². The summed E-state index contributed by atoms with van der Waals surface area (Å²) in [5.74, 6) is -3.21. The molecule has 0 radical (unpaired) electrons. The molecule has 2 aliphatic heterocycles. The van der Waals surface area contributed by atoms with E-state index in [-0.39, 0.29) is 11.8 Å². The lowest BCUT2D eigenvalue weighted by Crippen LogP contribution is -2.32. The summed E-state index contributed by atoms with van der Waals surface area (Å²) in [5.41, 5.74) is 5.06. The van der Waals surface area contributed by atoms with Gasteiger partial charge < -0.3 is 29.9 Å². The molecule has 1 saturated heterocycles. The van der Waals surface area contributed by atoms with Gasteiger partial charge in [-0.05, 0) is 80.7 Å². The summed E-state index contributed by atoms with van der Waals surface area (Å²) in [5, 5.41) is 24.6. The molecule has 0 spiro atoms. The molecular weight excluding hydrogens is 686 g/mol. The maximum Gasteiger partial charge on any atom is 0.490 e. The third-order valence-corrected chi connectivity index (χ3v) is 8.31. The number of hydrogen-bond donors (Lipinski definition) is 4. The van der Waals surface area contributed by atoms with Gasteiger partial charge in [0.1, 0.15) is 18.1 Å². The molecule has 3 heterocycles. The Morgan fingerprint density at radius 1 is 1.04 bits per heavy atom. The Hall–Kier alpha value is -4.45. The Labute approximate surface area is 281 Å². The molecule has 2 aliphatic rings. The van der Waals surface area contributed by atoms with Crippen LogP contribution in [-0.2, 0) is 20.8 Å². The van der Waals surface area contributed by atoms with Gasteiger partial charge in [0.05, 0.1) is 24.9 Å². The number of likely N-dealkylation sites (tertiary alicyclic amines) is 1. The number of carbonyl (C=O) groups excluding carboxylic acids is 1. The number of fused-ring (bicyclic) bond motifs is 1. The van der Waals surface area contributed by atoms with Crippen LogP contribution in [0.5, 0.6) is 11.5 Å². The number of carboxylic acid groups (broad SMARTS) is 2. The fourth-order valence-corrected chi connectivity index (χ4v) is 5.80. The van der Waals surface area contributed by atoms with E-state index < -0.39 is 24.3 Å². The number of benzene rings is 2. The van der Waals surface area contributed by atoms with Crippen LogP contribution < -0.4 is 14.8 Å². The van der Waals surface area contributed by atoms with Crippen molar-refractivity contribution in [2.75, 3.05) is 44.4 Å². The molecular formula is C31H34F6N4O7S. The van der Waals surface area contributed by atoms with Crippen molar-refractivity contribution in [1.82, 2.24) is 15.1 Å². The van der Waals surface area contributed by atoms with Crippen molar-refractivity contribution in [3.63, 3.8) is 0 Å². The molecule has 0 aliphatic carbocycles. The number of aromatic amines is 1. The van der Waals surface area contributed by atoms with Crippen molar-refractivity contribution in [2.45, 2.75) is 43.4 Å². The number of carboxylic acids is 2. The first-order valence-corrected chi connectivity index (χ1v) is 15.7. The molecule has 1 atom stereocenters. The number of anilines is 1. The average molecular weight is 721 g/mol. The maximum atomic E-state index is 13.3. The van der Waals surface area contributed by atoms with Gasteiger partial charge in [-0.2, -0.15) is 31.4 Å². The summed E-state index contributed by atoms with van der Waals surface area (Å²) >= 11 is 1.80. The van der Waals surface area contributed by atoms with Crippen molar-refractivity contribution in [3.8, 4) is 22.6 Å². The minimum absolute atomic E-state index is 0.0212. The summed E-state index contributed by atoms with van der Waals surface area (Å²) in [6, 6.07) is 12.0. The molecule has 0 bridgehead atoms. The third kappa shape index (κ3) is 11.9. The van der Waals surface area contributed by atoms with Crippen molar-refractivity contribution in [3.05, 3.63) is 53.9 Å². The van der Waals surface area contributed by atoms with E-state index in [1.807, 2.05) is 37.4 Å². The first kappa shape index (κ1) is 39.0. The Balaban J connectivity index is 0.000000392. The van der Waals surface area contributed by atoms with Crippen LogP contribution in [-0.4, -0.2) is 94.6 Å². The lowest BCUT2D eigenvalue weighted by Gasteiger charge is -2.25. The van der Waals surface area contributed by atoms with E-state index in [0.717, 1.165) is 56.8 Å². The number of aryl methyl sites for hydroxylation is 1. The van der Waals surface area contributed by atoms with E-state index in [1.165, 1.54) is 25.9 Å². The predicted molar refractivity (Wildman–Crippen MR) is 167 cm³/mol. The molecule has 4 N–H and O–H groups in total. The average Bonchev–Trinajstić information content (AvgIpc) is 3.72. The lowest BCUT2D eigenvalue weighted by molar-refractivity contribution is -0.193. The van der Waals surface area contributed by atoms with Crippen LogP contribution in [0.3, 0.4) is 0 Å². The topological polar surface area (TPSA) is 154 Å². The molecule has 5 rings (SSSR count). The lowest BCUT2D eigenvalue weighted by atomic mass is 9.95. The second kappa shape index (κ2) is 17.3. The standard InChI is InChI=1S/C27H32N4O3S.2C2HF3O2/c1-18-23(16-28-30-18)19-5-7-24(26(15-19)35-12-11-31-9-3-4-10-31)29-27(32)21-13-20-14-22(33-2)6-8-25(20)34-17-21;2*3-2(4,5)1(6)7/h5-8,14-16,21H,3-4,9-13,17H2,1-2H3,(H,28,30)(H,29,32);2*(H,6,7). The van der Waals surface area contributed by atoms with Gasteiger partial charge >= 0.3 is 24.3 Å². The van der Waals surface area contributed by atoms with E-state index in [9.17, 15) is 31.1 Å². The number of methoxy groups -OCH3 is 1.